The molecule has 0 saturated heterocycles. The molecule has 1 saturated carbocycles. The van der Waals surface area contributed by atoms with Crippen molar-refractivity contribution < 1.29 is 14.3 Å². The average Bonchev–Trinajstić information content (AvgIpc) is 3.56. The van der Waals surface area contributed by atoms with Gasteiger partial charge in [0.1, 0.15) is 18.5 Å². The molecule has 0 radical (unpaired) electrons. The third kappa shape index (κ3) is 4.11. The highest BCUT2D eigenvalue weighted by atomic mass is 16.5. The van der Waals surface area contributed by atoms with E-state index in [1.807, 2.05) is 18.2 Å². The quantitative estimate of drug-likeness (QED) is 0.478. The molecule has 1 fully saturated rings. The molecule has 1 aliphatic heterocycles. The van der Waals surface area contributed by atoms with E-state index in [9.17, 15) is 4.79 Å². The molecule has 1 amide bonds. The topological polar surface area (TPSA) is 59.6 Å². The monoisotopic (exact) mass is 454 g/mol. The summed E-state index contributed by atoms with van der Waals surface area (Å²) >= 11 is 0. The molecule has 5 nitrogen and oxygen atoms in total. The molecule has 34 heavy (non-hydrogen) atoms. The normalized spacial score (nSPS) is 18.9. The first-order valence-corrected chi connectivity index (χ1v) is 12.3. The lowest BCUT2D eigenvalue weighted by Crippen LogP contribution is -2.35. The summed E-state index contributed by atoms with van der Waals surface area (Å²) in [5, 5.41) is 6.51. The van der Waals surface area contributed by atoms with Crippen LogP contribution in [0.4, 0.5) is 10.5 Å². The third-order valence-corrected chi connectivity index (χ3v) is 7.34. The van der Waals surface area contributed by atoms with E-state index < -0.39 is 6.09 Å². The summed E-state index contributed by atoms with van der Waals surface area (Å²) in [7, 11) is 0. The molecule has 2 unspecified atom stereocenters. The van der Waals surface area contributed by atoms with Crippen molar-refractivity contribution in [3.8, 4) is 16.9 Å². The lowest BCUT2D eigenvalue weighted by atomic mass is 9.98. The van der Waals surface area contributed by atoms with Gasteiger partial charge in [0.05, 0.1) is 6.54 Å². The molecular weight excluding hydrogens is 424 g/mol. The van der Waals surface area contributed by atoms with Gasteiger partial charge in [0.25, 0.3) is 0 Å². The molecular formula is C29H30N2O3. The lowest BCUT2D eigenvalue weighted by molar-refractivity contribution is 0.136. The van der Waals surface area contributed by atoms with Gasteiger partial charge in [-0.1, -0.05) is 48.5 Å². The van der Waals surface area contributed by atoms with Crippen molar-refractivity contribution in [3.63, 3.8) is 0 Å². The van der Waals surface area contributed by atoms with Gasteiger partial charge < -0.3 is 20.1 Å². The Morgan fingerprint density at radius 2 is 1.74 bits per heavy atom. The highest BCUT2D eigenvalue weighted by Gasteiger charge is 2.30. The van der Waals surface area contributed by atoms with Crippen LogP contribution in [0.3, 0.4) is 0 Å². The fraction of sp³-hybridized carbons (Fsp3) is 0.345. The Bertz CT molecular complexity index is 1170. The van der Waals surface area contributed by atoms with Gasteiger partial charge in [0.2, 0.25) is 0 Å². The number of benzene rings is 3. The van der Waals surface area contributed by atoms with E-state index in [1.165, 1.54) is 40.7 Å². The van der Waals surface area contributed by atoms with Gasteiger partial charge in [-0.3, -0.25) is 0 Å². The van der Waals surface area contributed by atoms with Gasteiger partial charge in [0.15, 0.2) is 0 Å². The van der Waals surface area contributed by atoms with Crippen molar-refractivity contribution >= 4 is 11.8 Å². The van der Waals surface area contributed by atoms with Crippen LogP contribution < -0.4 is 15.4 Å². The standard InChI is InChI=1S/C29H30N2O3/c1-18(19-10-11-19)31-21-12-13-28-20(14-21)15-22(34-28)16-30-29(32)33-17-27-25-8-4-2-6-23(25)24-7-3-5-9-26(24)27/h2-9,12-14,18-19,22,27,31H,10-11,15-17H2,1H3,(H,30,32). The Labute approximate surface area is 200 Å². The molecule has 174 valence electrons. The molecule has 0 spiro atoms. The van der Waals surface area contributed by atoms with Gasteiger partial charge in [0, 0.05) is 24.1 Å². The minimum atomic E-state index is -0.401. The van der Waals surface area contributed by atoms with Gasteiger partial charge in [-0.15, -0.1) is 0 Å². The Morgan fingerprint density at radius 1 is 1.03 bits per heavy atom. The van der Waals surface area contributed by atoms with Crippen molar-refractivity contribution in [1.29, 1.82) is 0 Å². The maximum atomic E-state index is 12.5. The number of rotatable bonds is 7. The van der Waals surface area contributed by atoms with Crippen LogP contribution in [0.15, 0.2) is 66.7 Å². The minimum Gasteiger partial charge on any atom is -0.488 e. The summed E-state index contributed by atoms with van der Waals surface area (Å²) in [6.45, 7) is 2.99. The molecule has 3 aromatic carbocycles. The maximum Gasteiger partial charge on any atom is 0.407 e. The number of hydrogen-bond donors (Lipinski definition) is 2. The molecule has 2 N–H and O–H groups in total. The fourth-order valence-electron chi connectivity index (χ4n) is 5.35. The van der Waals surface area contributed by atoms with Crippen LogP contribution in [0.1, 0.15) is 42.4 Å². The van der Waals surface area contributed by atoms with Crippen molar-refractivity contribution in [1.82, 2.24) is 5.32 Å². The zero-order chi connectivity index (χ0) is 23.1. The van der Waals surface area contributed by atoms with Crippen LogP contribution in [0.5, 0.6) is 5.75 Å². The van der Waals surface area contributed by atoms with Gasteiger partial charge in [-0.05, 0) is 71.7 Å². The van der Waals surface area contributed by atoms with Crippen molar-refractivity contribution in [2.24, 2.45) is 5.92 Å². The Kier molecular flexibility index (Phi) is 5.40. The smallest absolute Gasteiger partial charge is 0.407 e. The van der Waals surface area contributed by atoms with Crippen molar-refractivity contribution in [2.75, 3.05) is 18.5 Å². The van der Waals surface area contributed by atoms with E-state index in [0.717, 1.165) is 23.8 Å². The maximum absolute atomic E-state index is 12.5. The number of hydrogen-bond acceptors (Lipinski definition) is 4. The summed E-state index contributed by atoms with van der Waals surface area (Å²) in [6, 6.07) is 23.5. The second-order valence-corrected chi connectivity index (χ2v) is 9.74. The first kappa shape index (κ1) is 21.1. The Hall–Kier alpha value is -3.47. The van der Waals surface area contributed by atoms with E-state index in [4.69, 9.17) is 9.47 Å². The molecule has 2 aliphatic carbocycles. The highest BCUT2D eigenvalue weighted by molar-refractivity contribution is 5.79. The molecule has 2 atom stereocenters. The molecule has 3 aliphatic rings. The van der Waals surface area contributed by atoms with Crippen LogP contribution in [-0.2, 0) is 11.2 Å². The van der Waals surface area contributed by atoms with Crippen LogP contribution in [0.25, 0.3) is 11.1 Å². The molecule has 5 heteroatoms. The van der Waals surface area contributed by atoms with Crippen molar-refractivity contribution in [3.05, 3.63) is 83.4 Å². The van der Waals surface area contributed by atoms with E-state index in [2.05, 4.69) is 66.1 Å². The van der Waals surface area contributed by atoms with E-state index in [0.29, 0.717) is 19.2 Å². The molecule has 1 heterocycles. The largest absolute Gasteiger partial charge is 0.488 e. The number of fused-ring (bicyclic) bond motifs is 4. The SMILES string of the molecule is CC(Nc1ccc2c(c1)CC(CNC(=O)OCC1c3ccccc3-c3ccccc31)O2)C1CC1. The summed E-state index contributed by atoms with van der Waals surface area (Å²) in [6.07, 6.45) is 2.96. The van der Waals surface area contributed by atoms with Gasteiger partial charge in [-0.25, -0.2) is 4.79 Å². The molecule has 0 bridgehead atoms. The minimum absolute atomic E-state index is 0.0640. The van der Waals surface area contributed by atoms with Crippen LogP contribution in [0, 0.1) is 5.92 Å². The molecule has 6 rings (SSSR count). The fourth-order valence-corrected chi connectivity index (χ4v) is 5.35. The number of carbonyl (C=O) groups excluding carboxylic acids is 1. The average molecular weight is 455 g/mol. The van der Waals surface area contributed by atoms with Crippen LogP contribution in [0.2, 0.25) is 0 Å². The number of carbonyl (C=O) groups is 1. The van der Waals surface area contributed by atoms with Gasteiger partial charge in [-0.2, -0.15) is 0 Å². The number of alkyl carbamates (subject to hydrolysis) is 1. The van der Waals surface area contributed by atoms with E-state index in [1.54, 1.807) is 0 Å². The summed E-state index contributed by atoms with van der Waals surface area (Å²) in [5.74, 6) is 1.77. The predicted octanol–water partition coefficient (Wildman–Crippen LogP) is 5.74. The third-order valence-electron chi connectivity index (χ3n) is 7.34. The van der Waals surface area contributed by atoms with Gasteiger partial charge >= 0.3 is 6.09 Å². The molecule has 0 aromatic heterocycles. The zero-order valence-corrected chi connectivity index (χ0v) is 19.4. The lowest BCUT2D eigenvalue weighted by Gasteiger charge is -2.16. The molecule has 3 aromatic rings. The summed E-state index contributed by atoms with van der Waals surface area (Å²) in [5.41, 5.74) is 7.21. The number of amides is 1. The number of anilines is 1. The summed E-state index contributed by atoms with van der Waals surface area (Å²) in [4.78, 5) is 12.5. The first-order valence-electron chi connectivity index (χ1n) is 12.3. The number of ether oxygens (including phenoxy) is 2. The second-order valence-electron chi connectivity index (χ2n) is 9.74. The predicted molar refractivity (Wildman–Crippen MR) is 133 cm³/mol. The van der Waals surface area contributed by atoms with Crippen LogP contribution >= 0.6 is 0 Å². The van der Waals surface area contributed by atoms with E-state index in [-0.39, 0.29) is 12.0 Å². The zero-order valence-electron chi connectivity index (χ0n) is 19.4. The highest BCUT2D eigenvalue weighted by Crippen LogP contribution is 2.44. The first-order chi connectivity index (χ1) is 16.7. The summed E-state index contributed by atoms with van der Waals surface area (Å²) < 4.78 is 11.7. The Balaban J connectivity index is 1.02. The van der Waals surface area contributed by atoms with Crippen LogP contribution in [-0.4, -0.2) is 31.4 Å². The Morgan fingerprint density at radius 3 is 2.44 bits per heavy atom. The second kappa shape index (κ2) is 8.71. The van der Waals surface area contributed by atoms with E-state index >= 15 is 0 Å². The number of nitrogens with one attached hydrogen (secondary N) is 2. The van der Waals surface area contributed by atoms with Crippen molar-refractivity contribution in [2.45, 2.75) is 44.2 Å².